The molecule has 0 aromatic heterocycles. The van der Waals surface area contributed by atoms with Crippen molar-refractivity contribution in [1.82, 2.24) is 10.2 Å². The van der Waals surface area contributed by atoms with Gasteiger partial charge in [0, 0.05) is 18.9 Å². The minimum Gasteiger partial charge on any atom is -0.495 e. The molecule has 0 aliphatic carbocycles. The summed E-state index contributed by atoms with van der Waals surface area (Å²) >= 11 is 0. The second kappa shape index (κ2) is 12.2. The average molecular weight is 472 g/mol. The molecule has 1 fully saturated rings. The summed E-state index contributed by atoms with van der Waals surface area (Å²) in [7, 11) is 1.60. The highest BCUT2D eigenvalue weighted by molar-refractivity contribution is 5.94. The molecule has 1 aliphatic heterocycles. The van der Waals surface area contributed by atoms with E-state index in [9.17, 15) is 9.59 Å². The summed E-state index contributed by atoms with van der Waals surface area (Å²) in [4.78, 5) is 27.9. The summed E-state index contributed by atoms with van der Waals surface area (Å²) in [5.41, 5.74) is 2.83. The van der Waals surface area contributed by atoms with Crippen LogP contribution in [0.25, 0.3) is 0 Å². The number of likely N-dealkylation sites (tertiary alicyclic amines) is 1. The zero-order chi connectivity index (χ0) is 24.5. The van der Waals surface area contributed by atoms with Gasteiger partial charge in [-0.15, -0.1) is 0 Å². The van der Waals surface area contributed by atoms with Gasteiger partial charge in [-0.3, -0.25) is 9.59 Å². The number of carbonyl (C=O) groups is 2. The van der Waals surface area contributed by atoms with Crippen LogP contribution in [0.5, 0.6) is 5.75 Å². The molecule has 0 spiro atoms. The Kier molecular flexibility index (Phi) is 8.52. The number of nitrogens with zero attached hydrogens (tertiary/aromatic N) is 1. The number of amides is 2. The van der Waals surface area contributed by atoms with E-state index in [4.69, 9.17) is 4.74 Å². The van der Waals surface area contributed by atoms with Crippen LogP contribution in [0, 0.1) is 5.92 Å². The number of hydrogen-bond donors (Lipinski definition) is 2. The molecule has 182 valence electrons. The molecule has 6 heteroatoms. The molecule has 1 aliphatic rings. The van der Waals surface area contributed by atoms with E-state index < -0.39 is 0 Å². The lowest BCUT2D eigenvalue weighted by molar-refractivity contribution is -0.123. The molecule has 6 nitrogen and oxygen atoms in total. The zero-order valence-corrected chi connectivity index (χ0v) is 20.2. The van der Waals surface area contributed by atoms with Crippen molar-refractivity contribution in [3.8, 4) is 5.75 Å². The van der Waals surface area contributed by atoms with E-state index in [0.717, 1.165) is 37.1 Å². The molecule has 0 unspecified atom stereocenters. The van der Waals surface area contributed by atoms with Gasteiger partial charge in [0.1, 0.15) is 5.75 Å². The first-order valence-corrected chi connectivity index (χ1v) is 12.2. The van der Waals surface area contributed by atoms with Gasteiger partial charge in [0.15, 0.2) is 0 Å². The Morgan fingerprint density at radius 1 is 0.886 bits per heavy atom. The summed E-state index contributed by atoms with van der Waals surface area (Å²) in [5, 5.41) is 6.22. The van der Waals surface area contributed by atoms with Crippen LogP contribution in [0.4, 0.5) is 5.69 Å². The molecular weight excluding hydrogens is 438 g/mol. The van der Waals surface area contributed by atoms with Gasteiger partial charge in [0.25, 0.3) is 0 Å². The molecule has 1 heterocycles. The van der Waals surface area contributed by atoms with Crippen molar-refractivity contribution in [1.29, 1.82) is 0 Å². The fraction of sp³-hybridized carbons (Fsp3) is 0.310. The summed E-state index contributed by atoms with van der Waals surface area (Å²) in [6, 6.07) is 27.4. The Morgan fingerprint density at radius 3 is 2.06 bits per heavy atom. The predicted octanol–water partition coefficient (Wildman–Crippen LogP) is 4.64. The molecule has 1 saturated heterocycles. The Balaban J connectivity index is 1.26. The second-order valence-corrected chi connectivity index (χ2v) is 8.88. The normalized spacial score (nSPS) is 14.5. The van der Waals surface area contributed by atoms with E-state index in [1.807, 2.05) is 84.9 Å². The Bertz CT molecular complexity index is 1060. The van der Waals surface area contributed by atoms with Crippen molar-refractivity contribution in [2.24, 2.45) is 5.92 Å². The van der Waals surface area contributed by atoms with Gasteiger partial charge in [-0.1, -0.05) is 72.8 Å². The number of anilines is 1. The lowest BCUT2D eigenvalue weighted by Gasteiger charge is -2.31. The molecule has 2 amide bonds. The number of methoxy groups -OCH3 is 1. The molecule has 3 aromatic rings. The second-order valence-electron chi connectivity index (χ2n) is 8.88. The lowest BCUT2D eigenvalue weighted by atomic mass is 9.95. The Morgan fingerprint density at radius 2 is 1.46 bits per heavy atom. The number of para-hydroxylation sites is 2. The van der Waals surface area contributed by atoms with Crippen LogP contribution >= 0.6 is 0 Å². The Labute approximate surface area is 207 Å². The monoisotopic (exact) mass is 471 g/mol. The molecule has 0 bridgehead atoms. The van der Waals surface area contributed by atoms with Crippen molar-refractivity contribution in [3.63, 3.8) is 0 Å². The molecule has 4 rings (SSSR count). The molecule has 35 heavy (non-hydrogen) atoms. The molecule has 0 atom stereocenters. The number of rotatable bonds is 9. The predicted molar refractivity (Wildman–Crippen MR) is 138 cm³/mol. The first-order valence-electron chi connectivity index (χ1n) is 12.2. The van der Waals surface area contributed by atoms with Gasteiger partial charge < -0.3 is 20.3 Å². The highest BCUT2D eigenvalue weighted by atomic mass is 16.5. The van der Waals surface area contributed by atoms with Crippen LogP contribution in [0.15, 0.2) is 84.9 Å². The van der Waals surface area contributed by atoms with Gasteiger partial charge in [-0.2, -0.15) is 0 Å². The summed E-state index contributed by atoms with van der Waals surface area (Å²) in [6.07, 6.45) is 1.98. The zero-order valence-electron chi connectivity index (χ0n) is 20.2. The van der Waals surface area contributed by atoms with Crippen LogP contribution in [0.2, 0.25) is 0 Å². The first-order chi connectivity index (χ1) is 17.1. The quantitative estimate of drug-likeness (QED) is 0.477. The highest BCUT2D eigenvalue weighted by Crippen LogP contribution is 2.26. The van der Waals surface area contributed by atoms with Gasteiger partial charge >= 0.3 is 0 Å². The van der Waals surface area contributed by atoms with Crippen LogP contribution < -0.4 is 15.4 Å². The maximum absolute atomic E-state index is 12.9. The summed E-state index contributed by atoms with van der Waals surface area (Å²) < 4.78 is 5.33. The standard InChI is InChI=1S/C29H33N3O3/c1-35-26-15-9-8-14-25(26)30-29(34)24-16-19-32(20-17-24)21-18-27(33)31-28(22-10-4-2-5-11-22)23-12-6-3-7-13-23/h2-15,24,28H,16-21H2,1H3,(H,30,34)(H,31,33). The first kappa shape index (κ1) is 24.5. The lowest BCUT2D eigenvalue weighted by Crippen LogP contribution is -2.40. The minimum absolute atomic E-state index is 0.0266. The van der Waals surface area contributed by atoms with Gasteiger partial charge in [-0.25, -0.2) is 0 Å². The van der Waals surface area contributed by atoms with Crippen LogP contribution in [-0.4, -0.2) is 43.5 Å². The molecule has 0 saturated carbocycles. The van der Waals surface area contributed by atoms with E-state index in [1.54, 1.807) is 7.11 Å². The maximum atomic E-state index is 12.9. The molecule has 0 radical (unpaired) electrons. The minimum atomic E-state index is -0.172. The van der Waals surface area contributed by atoms with E-state index in [1.165, 1.54) is 0 Å². The number of hydrogen-bond acceptors (Lipinski definition) is 4. The van der Waals surface area contributed by atoms with Crippen molar-refractivity contribution in [3.05, 3.63) is 96.1 Å². The number of nitrogens with one attached hydrogen (secondary N) is 2. The van der Waals surface area contributed by atoms with E-state index in [0.29, 0.717) is 24.4 Å². The summed E-state index contributed by atoms with van der Waals surface area (Å²) in [5.74, 6) is 0.679. The SMILES string of the molecule is COc1ccccc1NC(=O)C1CCN(CCC(=O)NC(c2ccccc2)c2ccccc2)CC1. The fourth-order valence-corrected chi connectivity index (χ4v) is 4.54. The third-order valence-corrected chi connectivity index (χ3v) is 6.55. The topological polar surface area (TPSA) is 70.7 Å². The number of carbonyl (C=O) groups excluding carboxylic acids is 2. The average Bonchev–Trinajstić information content (AvgIpc) is 2.92. The molecule has 3 aromatic carbocycles. The Hall–Kier alpha value is -3.64. The van der Waals surface area contributed by atoms with Crippen molar-refractivity contribution < 1.29 is 14.3 Å². The smallest absolute Gasteiger partial charge is 0.227 e. The summed E-state index contributed by atoms with van der Waals surface area (Å²) in [6.45, 7) is 2.29. The number of ether oxygens (including phenoxy) is 1. The van der Waals surface area contributed by atoms with Crippen molar-refractivity contribution >= 4 is 17.5 Å². The fourth-order valence-electron chi connectivity index (χ4n) is 4.54. The van der Waals surface area contributed by atoms with Crippen LogP contribution in [-0.2, 0) is 9.59 Å². The third-order valence-electron chi connectivity index (χ3n) is 6.55. The highest BCUT2D eigenvalue weighted by Gasteiger charge is 2.26. The van der Waals surface area contributed by atoms with Crippen molar-refractivity contribution in [2.45, 2.75) is 25.3 Å². The molecule has 2 N–H and O–H groups in total. The van der Waals surface area contributed by atoms with Gasteiger partial charge in [-0.05, 0) is 49.2 Å². The third kappa shape index (κ3) is 6.70. The maximum Gasteiger partial charge on any atom is 0.227 e. The van der Waals surface area contributed by atoms with E-state index in [-0.39, 0.29) is 23.8 Å². The van der Waals surface area contributed by atoms with Gasteiger partial charge in [0.2, 0.25) is 11.8 Å². The number of benzene rings is 3. The van der Waals surface area contributed by atoms with Gasteiger partial charge in [0.05, 0.1) is 18.8 Å². The largest absolute Gasteiger partial charge is 0.495 e. The van der Waals surface area contributed by atoms with Crippen LogP contribution in [0.3, 0.4) is 0 Å². The van der Waals surface area contributed by atoms with E-state index >= 15 is 0 Å². The molecular formula is C29H33N3O3. The van der Waals surface area contributed by atoms with Crippen LogP contribution in [0.1, 0.15) is 36.4 Å². The van der Waals surface area contributed by atoms with E-state index in [2.05, 4.69) is 15.5 Å². The van der Waals surface area contributed by atoms with Crippen molar-refractivity contribution in [2.75, 3.05) is 32.1 Å². The number of piperidine rings is 1.